The highest BCUT2D eigenvalue weighted by Gasteiger charge is 2.11. The fourth-order valence-corrected chi connectivity index (χ4v) is 3.79. The molecule has 1 aromatic carbocycles. The predicted octanol–water partition coefficient (Wildman–Crippen LogP) is 3.04. The summed E-state index contributed by atoms with van der Waals surface area (Å²) in [5.41, 5.74) is 1.60. The molecular weight excluding hydrogens is 349 g/mol. The highest BCUT2D eigenvalue weighted by molar-refractivity contribution is 7.15. The zero-order valence-corrected chi connectivity index (χ0v) is 14.4. The zero-order chi connectivity index (χ0) is 17.1. The summed E-state index contributed by atoms with van der Waals surface area (Å²) in [6, 6.07) is 6.38. The Balaban J connectivity index is 1.63. The fraction of sp³-hybridized carbons (Fsp3) is 0.188. The monoisotopic (exact) mass is 363 g/mol. The third-order valence-electron chi connectivity index (χ3n) is 3.35. The van der Waals surface area contributed by atoms with Crippen LogP contribution in [0.15, 0.2) is 40.6 Å². The first-order chi connectivity index (χ1) is 11.5. The lowest BCUT2D eigenvalue weighted by Gasteiger charge is -2.04. The first kappa shape index (κ1) is 16.5. The van der Waals surface area contributed by atoms with Gasteiger partial charge in [-0.15, -0.1) is 11.3 Å². The number of benzene rings is 1. The number of nitrogens with zero attached hydrogens (tertiary/aromatic N) is 2. The molecule has 2 aromatic heterocycles. The number of carbonyl (C=O) groups excluding carboxylic acids is 1. The molecule has 0 fully saturated rings. The SMILES string of the molecule is Cc1csc(=O)n1CC(=O)Nc1ncc(Cc2cccc(F)c2)s1. The number of amides is 1. The van der Waals surface area contributed by atoms with E-state index in [4.69, 9.17) is 0 Å². The lowest BCUT2D eigenvalue weighted by atomic mass is 10.1. The van der Waals surface area contributed by atoms with Crippen LogP contribution in [-0.2, 0) is 17.8 Å². The van der Waals surface area contributed by atoms with Gasteiger partial charge < -0.3 is 5.32 Å². The van der Waals surface area contributed by atoms with E-state index >= 15 is 0 Å². The zero-order valence-electron chi connectivity index (χ0n) is 12.8. The van der Waals surface area contributed by atoms with Crippen molar-refractivity contribution in [1.82, 2.24) is 9.55 Å². The molecule has 0 unspecified atom stereocenters. The summed E-state index contributed by atoms with van der Waals surface area (Å²) < 4.78 is 14.6. The number of halogens is 1. The third kappa shape index (κ3) is 3.95. The van der Waals surface area contributed by atoms with Gasteiger partial charge in [-0.05, 0) is 24.6 Å². The van der Waals surface area contributed by atoms with Gasteiger partial charge in [0.1, 0.15) is 12.4 Å². The van der Waals surface area contributed by atoms with Crippen LogP contribution in [0.5, 0.6) is 0 Å². The molecule has 0 radical (unpaired) electrons. The molecule has 24 heavy (non-hydrogen) atoms. The topological polar surface area (TPSA) is 64.0 Å². The van der Waals surface area contributed by atoms with Crippen LogP contribution < -0.4 is 10.2 Å². The summed E-state index contributed by atoms with van der Waals surface area (Å²) >= 11 is 2.40. The average Bonchev–Trinajstić information content (AvgIpc) is 3.08. The molecule has 3 rings (SSSR count). The van der Waals surface area contributed by atoms with E-state index in [1.807, 2.05) is 6.07 Å². The molecule has 0 aliphatic rings. The Bertz CT molecular complexity index is 929. The molecule has 0 bridgehead atoms. The van der Waals surface area contributed by atoms with E-state index in [9.17, 15) is 14.0 Å². The second-order valence-electron chi connectivity index (χ2n) is 5.22. The van der Waals surface area contributed by atoms with Crippen LogP contribution in [-0.4, -0.2) is 15.5 Å². The van der Waals surface area contributed by atoms with Crippen LogP contribution >= 0.6 is 22.7 Å². The van der Waals surface area contributed by atoms with Gasteiger partial charge in [0.2, 0.25) is 5.91 Å². The first-order valence-electron chi connectivity index (χ1n) is 7.15. The molecule has 1 N–H and O–H groups in total. The fourth-order valence-electron chi connectivity index (χ4n) is 2.19. The van der Waals surface area contributed by atoms with Gasteiger partial charge in [-0.1, -0.05) is 23.5 Å². The van der Waals surface area contributed by atoms with Gasteiger partial charge in [0, 0.05) is 28.6 Å². The number of aromatic nitrogens is 2. The largest absolute Gasteiger partial charge is 0.307 e. The van der Waals surface area contributed by atoms with Crippen molar-refractivity contribution in [2.24, 2.45) is 0 Å². The number of rotatable bonds is 5. The van der Waals surface area contributed by atoms with E-state index in [0.717, 1.165) is 27.5 Å². The van der Waals surface area contributed by atoms with E-state index in [0.29, 0.717) is 11.6 Å². The van der Waals surface area contributed by atoms with Crippen molar-refractivity contribution in [1.29, 1.82) is 0 Å². The number of hydrogen-bond acceptors (Lipinski definition) is 5. The number of hydrogen-bond donors (Lipinski definition) is 1. The molecule has 0 aliphatic heterocycles. The molecule has 2 heterocycles. The maximum absolute atomic E-state index is 13.2. The lowest BCUT2D eigenvalue weighted by Crippen LogP contribution is -2.25. The van der Waals surface area contributed by atoms with E-state index < -0.39 is 0 Å². The lowest BCUT2D eigenvalue weighted by molar-refractivity contribution is -0.116. The van der Waals surface area contributed by atoms with Crippen molar-refractivity contribution in [3.8, 4) is 0 Å². The molecule has 5 nitrogen and oxygen atoms in total. The summed E-state index contributed by atoms with van der Waals surface area (Å²) in [4.78, 5) is 28.6. The molecule has 0 saturated carbocycles. The molecule has 124 valence electrons. The van der Waals surface area contributed by atoms with Crippen LogP contribution in [0.2, 0.25) is 0 Å². The van der Waals surface area contributed by atoms with Crippen LogP contribution in [0.3, 0.4) is 0 Å². The molecular formula is C16H14FN3O2S2. The van der Waals surface area contributed by atoms with Gasteiger partial charge >= 0.3 is 4.87 Å². The summed E-state index contributed by atoms with van der Waals surface area (Å²) in [7, 11) is 0. The van der Waals surface area contributed by atoms with E-state index in [-0.39, 0.29) is 23.1 Å². The Morgan fingerprint density at radius 1 is 1.42 bits per heavy atom. The molecule has 8 heteroatoms. The van der Waals surface area contributed by atoms with Crippen molar-refractivity contribution < 1.29 is 9.18 Å². The van der Waals surface area contributed by atoms with Crippen molar-refractivity contribution in [3.63, 3.8) is 0 Å². The minimum Gasteiger partial charge on any atom is -0.300 e. The second kappa shape index (κ2) is 7.06. The number of anilines is 1. The number of carbonyl (C=O) groups is 1. The third-order valence-corrected chi connectivity index (χ3v) is 5.14. The van der Waals surface area contributed by atoms with Gasteiger partial charge in [0.05, 0.1) is 0 Å². The maximum Gasteiger partial charge on any atom is 0.307 e. The van der Waals surface area contributed by atoms with Crippen LogP contribution in [0, 0.1) is 12.7 Å². The normalized spacial score (nSPS) is 10.8. The van der Waals surface area contributed by atoms with Crippen molar-refractivity contribution in [3.05, 3.63) is 67.5 Å². The van der Waals surface area contributed by atoms with Crippen LogP contribution in [0.25, 0.3) is 0 Å². The number of thiazole rings is 2. The van der Waals surface area contributed by atoms with Gasteiger partial charge in [0.15, 0.2) is 5.13 Å². The highest BCUT2D eigenvalue weighted by atomic mass is 32.1. The summed E-state index contributed by atoms with van der Waals surface area (Å²) in [5, 5.41) is 4.87. The van der Waals surface area contributed by atoms with Gasteiger partial charge in [-0.25, -0.2) is 9.37 Å². The van der Waals surface area contributed by atoms with Crippen LogP contribution in [0.4, 0.5) is 9.52 Å². The molecule has 3 aromatic rings. The number of aryl methyl sites for hydroxylation is 1. The second-order valence-corrected chi connectivity index (χ2v) is 7.15. The standard InChI is InChI=1S/C16H14FN3O2S2/c1-10-9-23-16(22)20(10)8-14(21)19-15-18-7-13(24-15)6-11-3-2-4-12(17)5-11/h2-5,7,9H,6,8H2,1H3,(H,18,19,21). The van der Waals surface area contributed by atoms with Crippen molar-refractivity contribution >= 4 is 33.7 Å². The van der Waals surface area contributed by atoms with E-state index in [1.165, 1.54) is 28.0 Å². The minimum atomic E-state index is -0.301. The Hall–Kier alpha value is -2.32. The van der Waals surface area contributed by atoms with Gasteiger partial charge in [-0.2, -0.15) is 0 Å². The van der Waals surface area contributed by atoms with E-state index in [2.05, 4.69) is 10.3 Å². The Labute approximate surface area is 145 Å². The Kier molecular flexibility index (Phi) is 4.86. The maximum atomic E-state index is 13.2. The number of nitrogens with one attached hydrogen (secondary N) is 1. The molecule has 0 saturated heterocycles. The summed E-state index contributed by atoms with van der Waals surface area (Å²) in [6.45, 7) is 1.75. The van der Waals surface area contributed by atoms with Gasteiger partial charge in [0.25, 0.3) is 0 Å². The molecule has 0 spiro atoms. The molecule has 0 aliphatic carbocycles. The van der Waals surface area contributed by atoms with E-state index in [1.54, 1.807) is 24.6 Å². The summed E-state index contributed by atoms with van der Waals surface area (Å²) in [6.07, 6.45) is 2.21. The summed E-state index contributed by atoms with van der Waals surface area (Å²) in [5.74, 6) is -0.577. The predicted molar refractivity (Wildman–Crippen MR) is 93.3 cm³/mol. The van der Waals surface area contributed by atoms with Crippen LogP contribution in [0.1, 0.15) is 16.1 Å². The van der Waals surface area contributed by atoms with Gasteiger partial charge in [-0.3, -0.25) is 14.2 Å². The molecule has 1 amide bonds. The molecule has 0 atom stereocenters. The minimum absolute atomic E-state index is 0.0347. The average molecular weight is 363 g/mol. The Morgan fingerprint density at radius 3 is 2.96 bits per heavy atom. The Morgan fingerprint density at radius 2 is 2.25 bits per heavy atom. The quantitative estimate of drug-likeness (QED) is 0.758. The first-order valence-corrected chi connectivity index (χ1v) is 8.85. The van der Waals surface area contributed by atoms with Crippen molar-refractivity contribution in [2.75, 3.05) is 5.32 Å². The van der Waals surface area contributed by atoms with Crippen molar-refractivity contribution in [2.45, 2.75) is 19.9 Å². The smallest absolute Gasteiger partial charge is 0.300 e. The highest BCUT2D eigenvalue weighted by Crippen LogP contribution is 2.21.